The van der Waals surface area contributed by atoms with E-state index in [1.165, 1.54) is 18.5 Å². The van der Waals surface area contributed by atoms with Crippen LogP contribution in [-0.4, -0.2) is 28.5 Å². The molecule has 2 aliphatic rings. The SMILES string of the molecule is CCCC#CC1=C(c2ccc(C(=O)CCC(F)(F)F)cn2)CC(C2CCC2)C(C)c2ncc(OC(F)F)cc21. The summed E-state index contributed by atoms with van der Waals surface area (Å²) in [6, 6.07) is 4.69. The van der Waals surface area contributed by atoms with Crippen LogP contribution in [0.1, 0.15) is 98.4 Å². The van der Waals surface area contributed by atoms with E-state index in [0.29, 0.717) is 35.6 Å². The van der Waals surface area contributed by atoms with Gasteiger partial charge in [0.1, 0.15) is 5.75 Å². The van der Waals surface area contributed by atoms with Gasteiger partial charge >= 0.3 is 12.8 Å². The number of fused-ring (bicyclic) bond motifs is 1. The Morgan fingerprint density at radius 2 is 1.95 bits per heavy atom. The molecule has 2 aromatic heterocycles. The van der Waals surface area contributed by atoms with Crippen molar-refractivity contribution in [1.29, 1.82) is 0 Å². The van der Waals surface area contributed by atoms with E-state index in [0.717, 1.165) is 37.0 Å². The number of aromatic nitrogens is 2. The standard InChI is InChI=1S/C30H31F5N2O2/c1-3-4-5-9-22-24(26-11-10-20(16-36-26)27(38)12-13-30(33,34)35)15-23(19-7-6-8-19)18(2)28-25(22)14-21(17-37-28)39-29(31)32/h10-11,14,16-19,23,29H,3-4,6-8,12-13,15H2,1-2H3. The first kappa shape index (κ1) is 28.7. The summed E-state index contributed by atoms with van der Waals surface area (Å²) < 4.78 is 68.5. The highest BCUT2D eigenvalue weighted by Crippen LogP contribution is 2.50. The highest BCUT2D eigenvalue weighted by atomic mass is 19.4. The summed E-state index contributed by atoms with van der Waals surface area (Å²) in [5.41, 5.74) is 3.48. The Hall–Kier alpha value is -3.28. The zero-order chi connectivity index (χ0) is 28.2. The van der Waals surface area contributed by atoms with Gasteiger partial charge in [-0.1, -0.05) is 45.0 Å². The average molecular weight is 547 g/mol. The fraction of sp³-hybridized carbons (Fsp3) is 0.500. The lowest BCUT2D eigenvalue weighted by molar-refractivity contribution is -0.133. The van der Waals surface area contributed by atoms with E-state index in [1.54, 1.807) is 12.1 Å². The molecule has 2 atom stereocenters. The number of unbranched alkanes of at least 4 members (excludes halogenated alkanes) is 1. The average Bonchev–Trinajstić information content (AvgIpc) is 2.96. The summed E-state index contributed by atoms with van der Waals surface area (Å²) in [6.45, 7) is 1.10. The van der Waals surface area contributed by atoms with Gasteiger partial charge in [-0.25, -0.2) is 0 Å². The molecule has 0 N–H and O–H groups in total. The number of hydrogen-bond acceptors (Lipinski definition) is 4. The number of Topliss-reactive ketones (excluding diaryl/α,β-unsaturated/α-hetero) is 1. The zero-order valence-electron chi connectivity index (χ0n) is 22.0. The number of allylic oxidation sites excluding steroid dienone is 2. The summed E-state index contributed by atoms with van der Waals surface area (Å²) in [7, 11) is 0. The molecule has 0 aromatic carbocycles. The van der Waals surface area contributed by atoms with Gasteiger partial charge in [0, 0.05) is 41.7 Å². The maximum Gasteiger partial charge on any atom is 0.389 e. The molecule has 0 bridgehead atoms. The fourth-order valence-corrected chi connectivity index (χ4v) is 5.30. The van der Waals surface area contributed by atoms with Crippen molar-refractivity contribution in [2.45, 2.75) is 83.9 Å². The maximum atomic E-state index is 13.1. The van der Waals surface area contributed by atoms with Crippen molar-refractivity contribution in [3.63, 3.8) is 0 Å². The lowest BCUT2D eigenvalue weighted by Gasteiger charge is -2.37. The molecule has 1 saturated carbocycles. The highest BCUT2D eigenvalue weighted by Gasteiger charge is 2.38. The molecule has 0 saturated heterocycles. The highest BCUT2D eigenvalue weighted by molar-refractivity contribution is 6.00. The van der Waals surface area contributed by atoms with Crippen molar-refractivity contribution in [3.05, 3.63) is 53.1 Å². The van der Waals surface area contributed by atoms with Crippen LogP contribution in [0, 0.1) is 23.7 Å². The Morgan fingerprint density at radius 1 is 1.18 bits per heavy atom. The van der Waals surface area contributed by atoms with E-state index in [1.807, 2.05) is 6.92 Å². The molecule has 0 radical (unpaired) electrons. The molecular weight excluding hydrogens is 515 g/mol. The zero-order valence-corrected chi connectivity index (χ0v) is 22.0. The van der Waals surface area contributed by atoms with Crippen molar-refractivity contribution in [1.82, 2.24) is 9.97 Å². The molecule has 9 heteroatoms. The monoisotopic (exact) mass is 546 g/mol. The molecule has 2 aliphatic carbocycles. The van der Waals surface area contributed by atoms with Crippen LogP contribution in [0.5, 0.6) is 5.75 Å². The normalized spacial score (nSPS) is 19.6. The van der Waals surface area contributed by atoms with E-state index in [4.69, 9.17) is 0 Å². The quantitative estimate of drug-likeness (QED) is 0.190. The molecule has 2 heterocycles. The van der Waals surface area contributed by atoms with Crippen molar-refractivity contribution in [3.8, 4) is 17.6 Å². The van der Waals surface area contributed by atoms with Crippen LogP contribution >= 0.6 is 0 Å². The topological polar surface area (TPSA) is 52.1 Å². The number of hydrogen-bond donors (Lipinski definition) is 0. The van der Waals surface area contributed by atoms with E-state index in [9.17, 15) is 26.7 Å². The van der Waals surface area contributed by atoms with Crippen LogP contribution in [0.25, 0.3) is 11.1 Å². The third kappa shape index (κ3) is 7.03. The third-order valence-electron chi connectivity index (χ3n) is 7.58. The van der Waals surface area contributed by atoms with E-state index in [2.05, 4.69) is 33.5 Å². The van der Waals surface area contributed by atoms with Gasteiger partial charge < -0.3 is 4.74 Å². The van der Waals surface area contributed by atoms with E-state index < -0.39 is 31.4 Å². The van der Waals surface area contributed by atoms with Crippen LogP contribution < -0.4 is 4.74 Å². The molecule has 2 aromatic rings. The lowest BCUT2D eigenvalue weighted by atomic mass is 9.68. The number of carbonyl (C=O) groups is 1. The van der Waals surface area contributed by atoms with Gasteiger partial charge in [-0.05, 0) is 48.4 Å². The smallest absolute Gasteiger partial charge is 0.389 e. The van der Waals surface area contributed by atoms with Crippen molar-refractivity contribution in [2.75, 3.05) is 0 Å². The summed E-state index contributed by atoms with van der Waals surface area (Å²) in [5.74, 6) is 6.42. The molecule has 4 nitrogen and oxygen atoms in total. The van der Waals surface area contributed by atoms with Crippen molar-refractivity contribution in [2.24, 2.45) is 11.8 Å². The minimum atomic E-state index is -4.41. The second-order valence-corrected chi connectivity index (χ2v) is 10.2. The van der Waals surface area contributed by atoms with Crippen LogP contribution in [0.15, 0.2) is 30.6 Å². The molecule has 1 fully saturated rings. The summed E-state index contributed by atoms with van der Waals surface area (Å²) in [6.07, 6.45) is 1.78. The van der Waals surface area contributed by atoms with Gasteiger partial charge in [0.25, 0.3) is 0 Å². The summed E-state index contributed by atoms with van der Waals surface area (Å²) in [5, 5.41) is 0. The van der Waals surface area contributed by atoms with Crippen LogP contribution in [0.3, 0.4) is 0 Å². The minimum Gasteiger partial charge on any atom is -0.433 e. The number of ketones is 1. The Morgan fingerprint density at radius 3 is 2.54 bits per heavy atom. The summed E-state index contributed by atoms with van der Waals surface area (Å²) in [4.78, 5) is 21.4. The van der Waals surface area contributed by atoms with Gasteiger partial charge in [-0.3, -0.25) is 14.8 Å². The van der Waals surface area contributed by atoms with E-state index >= 15 is 0 Å². The minimum absolute atomic E-state index is 0.0228. The van der Waals surface area contributed by atoms with Crippen molar-refractivity contribution < 1.29 is 31.5 Å². The molecule has 0 aliphatic heterocycles. The number of ether oxygens (including phenoxy) is 1. The van der Waals surface area contributed by atoms with Gasteiger partial charge in [0.15, 0.2) is 5.78 Å². The number of nitrogens with zero attached hydrogens (tertiary/aromatic N) is 2. The first-order valence-corrected chi connectivity index (χ1v) is 13.3. The Bertz CT molecular complexity index is 1270. The van der Waals surface area contributed by atoms with Crippen LogP contribution in [-0.2, 0) is 0 Å². The first-order valence-electron chi connectivity index (χ1n) is 13.3. The van der Waals surface area contributed by atoms with Gasteiger partial charge in [0.05, 0.1) is 24.0 Å². The fourth-order valence-electron chi connectivity index (χ4n) is 5.30. The van der Waals surface area contributed by atoms with Crippen LogP contribution in [0.2, 0.25) is 0 Å². The molecule has 0 amide bonds. The number of carbonyl (C=O) groups excluding carboxylic acids is 1. The predicted molar refractivity (Wildman–Crippen MR) is 138 cm³/mol. The Labute approximate surface area is 225 Å². The Kier molecular flexibility index (Phi) is 9.04. The molecule has 4 rings (SSSR count). The van der Waals surface area contributed by atoms with Gasteiger partial charge in [-0.2, -0.15) is 22.0 Å². The number of pyridine rings is 2. The maximum absolute atomic E-state index is 13.1. The third-order valence-corrected chi connectivity index (χ3v) is 7.58. The predicted octanol–water partition coefficient (Wildman–Crippen LogP) is 8.24. The van der Waals surface area contributed by atoms with Crippen LogP contribution in [0.4, 0.5) is 22.0 Å². The molecule has 0 spiro atoms. The summed E-state index contributed by atoms with van der Waals surface area (Å²) >= 11 is 0. The Balaban J connectivity index is 1.81. The second kappa shape index (κ2) is 12.3. The largest absolute Gasteiger partial charge is 0.433 e. The number of halogens is 5. The van der Waals surface area contributed by atoms with E-state index in [-0.39, 0.29) is 23.1 Å². The molecule has 39 heavy (non-hydrogen) atoms. The molecule has 208 valence electrons. The number of rotatable bonds is 8. The van der Waals surface area contributed by atoms with Gasteiger partial charge in [0.2, 0.25) is 0 Å². The molecular formula is C30H31F5N2O2. The van der Waals surface area contributed by atoms with Crippen molar-refractivity contribution >= 4 is 16.9 Å². The lowest BCUT2D eigenvalue weighted by Crippen LogP contribution is -2.26. The molecule has 2 unspecified atom stereocenters. The van der Waals surface area contributed by atoms with Gasteiger partial charge in [-0.15, -0.1) is 0 Å². The number of alkyl halides is 5. The second-order valence-electron chi connectivity index (χ2n) is 10.2. The first-order chi connectivity index (χ1) is 18.6.